The van der Waals surface area contributed by atoms with Crippen molar-refractivity contribution in [3.63, 3.8) is 0 Å². The minimum Gasteiger partial charge on any atom is -0.508 e. The summed E-state index contributed by atoms with van der Waals surface area (Å²) in [6, 6.07) is 16.9. The number of rotatable bonds is 4. The smallest absolute Gasteiger partial charge is 0.170 e. The summed E-state index contributed by atoms with van der Waals surface area (Å²) in [5, 5.41) is 28.4. The second-order valence-electron chi connectivity index (χ2n) is 11.0. The predicted molar refractivity (Wildman–Crippen MR) is 149 cm³/mol. The van der Waals surface area contributed by atoms with E-state index in [1.54, 1.807) is 37.4 Å². The van der Waals surface area contributed by atoms with Crippen molar-refractivity contribution in [3.05, 3.63) is 94.6 Å². The van der Waals surface area contributed by atoms with E-state index in [4.69, 9.17) is 4.74 Å². The number of fused-ring (bicyclic) bond motifs is 5. The van der Waals surface area contributed by atoms with Crippen molar-refractivity contribution < 1.29 is 29.6 Å². The maximum atomic E-state index is 12.2. The molecule has 0 heterocycles. The first-order chi connectivity index (χ1) is 18.7. The summed E-state index contributed by atoms with van der Waals surface area (Å²) in [7, 11) is 1.58. The van der Waals surface area contributed by atoms with Crippen LogP contribution in [0.2, 0.25) is 0 Å². The van der Waals surface area contributed by atoms with Gasteiger partial charge in [-0.25, -0.2) is 0 Å². The first-order valence-electron chi connectivity index (χ1n) is 13.4. The summed E-state index contributed by atoms with van der Waals surface area (Å²) < 4.78 is 5.04. The van der Waals surface area contributed by atoms with Crippen molar-refractivity contribution in [2.45, 2.75) is 51.4 Å². The van der Waals surface area contributed by atoms with Gasteiger partial charge in [-0.2, -0.15) is 0 Å². The highest BCUT2D eigenvalue weighted by Crippen LogP contribution is 2.57. The molecule has 0 amide bonds. The van der Waals surface area contributed by atoms with Crippen LogP contribution < -0.4 is 4.74 Å². The SMILES string of the molecule is CC12CCC3C(=CCc4cc(O)ccc43)C1CCC2=O.COc1ccc(CC(=O)c2ccc(O)cc2O)cc1. The lowest BCUT2D eigenvalue weighted by atomic mass is 9.60. The van der Waals surface area contributed by atoms with Crippen molar-refractivity contribution in [1.82, 2.24) is 0 Å². The monoisotopic (exact) mass is 526 g/mol. The number of methoxy groups -OCH3 is 1. The van der Waals surface area contributed by atoms with Crippen LogP contribution in [-0.4, -0.2) is 34.0 Å². The highest BCUT2D eigenvalue weighted by molar-refractivity contribution is 6.00. The van der Waals surface area contributed by atoms with Crippen molar-refractivity contribution in [3.8, 4) is 23.0 Å². The Balaban J connectivity index is 0.000000158. The van der Waals surface area contributed by atoms with Gasteiger partial charge in [0.2, 0.25) is 0 Å². The number of ether oxygens (including phenoxy) is 1. The molecule has 0 aromatic heterocycles. The molecule has 3 N–H and O–H groups in total. The molecule has 39 heavy (non-hydrogen) atoms. The van der Waals surface area contributed by atoms with Crippen LogP contribution in [0.3, 0.4) is 0 Å². The third-order valence-electron chi connectivity index (χ3n) is 8.69. The van der Waals surface area contributed by atoms with E-state index >= 15 is 0 Å². The lowest BCUT2D eigenvalue weighted by molar-refractivity contribution is -0.126. The topological polar surface area (TPSA) is 104 Å². The van der Waals surface area contributed by atoms with Crippen LogP contribution in [0.1, 0.15) is 65.6 Å². The molecule has 6 rings (SSSR count). The largest absolute Gasteiger partial charge is 0.508 e. The summed E-state index contributed by atoms with van der Waals surface area (Å²) in [6.45, 7) is 2.18. The zero-order valence-electron chi connectivity index (χ0n) is 22.3. The Morgan fingerprint density at radius 3 is 2.41 bits per heavy atom. The van der Waals surface area contributed by atoms with Crippen LogP contribution in [0, 0.1) is 11.3 Å². The van der Waals surface area contributed by atoms with Gasteiger partial charge in [0.15, 0.2) is 5.78 Å². The quantitative estimate of drug-likeness (QED) is 0.273. The molecule has 2 fully saturated rings. The number of benzene rings is 3. The minimum absolute atomic E-state index is 0.0708. The molecular formula is C33H34O6. The Labute approximate surface area is 228 Å². The molecule has 0 saturated heterocycles. The number of aromatic hydroxyl groups is 3. The fraction of sp³-hybridized carbons (Fsp3) is 0.333. The van der Waals surface area contributed by atoms with Crippen molar-refractivity contribution in [2.24, 2.45) is 11.3 Å². The maximum Gasteiger partial charge on any atom is 0.170 e. The van der Waals surface area contributed by atoms with Crippen LogP contribution in [0.4, 0.5) is 0 Å². The Bertz CT molecular complexity index is 1440. The first kappa shape index (κ1) is 26.5. The van der Waals surface area contributed by atoms with E-state index in [0.717, 1.165) is 49.5 Å². The van der Waals surface area contributed by atoms with Crippen molar-refractivity contribution in [2.75, 3.05) is 7.11 Å². The first-order valence-corrected chi connectivity index (χ1v) is 13.4. The molecule has 6 nitrogen and oxygen atoms in total. The fourth-order valence-electron chi connectivity index (χ4n) is 6.51. The molecule has 2 saturated carbocycles. The zero-order valence-corrected chi connectivity index (χ0v) is 22.3. The van der Waals surface area contributed by atoms with Crippen LogP contribution >= 0.6 is 0 Å². The number of ketones is 2. The van der Waals surface area contributed by atoms with E-state index in [-0.39, 0.29) is 34.7 Å². The van der Waals surface area contributed by atoms with E-state index in [1.807, 2.05) is 6.07 Å². The molecule has 3 unspecified atom stereocenters. The third kappa shape index (κ3) is 5.16. The van der Waals surface area contributed by atoms with Crippen molar-refractivity contribution in [1.29, 1.82) is 0 Å². The number of hydrogen-bond acceptors (Lipinski definition) is 6. The van der Waals surface area contributed by atoms with E-state index < -0.39 is 0 Å². The number of carbonyl (C=O) groups excluding carboxylic acids is 2. The van der Waals surface area contributed by atoms with Crippen molar-refractivity contribution >= 4 is 11.6 Å². The van der Waals surface area contributed by atoms with E-state index in [9.17, 15) is 24.9 Å². The Morgan fingerprint density at radius 2 is 1.69 bits per heavy atom. The number of allylic oxidation sites excluding steroid dienone is 2. The number of Topliss-reactive ketones (excluding diaryl/α,β-unsaturated/α-hetero) is 2. The van der Waals surface area contributed by atoms with Gasteiger partial charge in [0.25, 0.3) is 0 Å². The van der Waals surface area contributed by atoms with Gasteiger partial charge in [-0.05, 0) is 84.7 Å². The molecular weight excluding hydrogens is 492 g/mol. The molecule has 3 aliphatic rings. The van der Waals surface area contributed by atoms with Gasteiger partial charge < -0.3 is 20.1 Å². The van der Waals surface area contributed by atoms with Crippen LogP contribution in [-0.2, 0) is 17.6 Å². The van der Waals surface area contributed by atoms with E-state index in [0.29, 0.717) is 23.4 Å². The highest BCUT2D eigenvalue weighted by Gasteiger charge is 2.52. The fourth-order valence-corrected chi connectivity index (χ4v) is 6.51. The molecule has 6 heteroatoms. The van der Waals surface area contributed by atoms with Gasteiger partial charge in [0.1, 0.15) is 28.8 Å². The molecule has 3 aromatic carbocycles. The lowest BCUT2D eigenvalue weighted by Crippen LogP contribution is -2.37. The number of phenols is 3. The Morgan fingerprint density at radius 1 is 0.974 bits per heavy atom. The molecule has 202 valence electrons. The van der Waals surface area contributed by atoms with Gasteiger partial charge in [0.05, 0.1) is 12.7 Å². The normalized spacial score (nSPS) is 22.9. The number of carbonyl (C=O) groups is 2. The molecule has 0 aliphatic heterocycles. The Kier molecular flexibility index (Phi) is 7.21. The summed E-state index contributed by atoms with van der Waals surface area (Å²) in [6.07, 6.45) is 7.30. The zero-order chi connectivity index (χ0) is 27.7. The average molecular weight is 527 g/mol. The molecule has 3 aromatic rings. The minimum atomic E-state index is -0.210. The Hall–Kier alpha value is -4.06. The maximum absolute atomic E-state index is 12.2. The van der Waals surface area contributed by atoms with E-state index in [1.165, 1.54) is 28.8 Å². The lowest BCUT2D eigenvalue weighted by Gasteiger charge is -2.43. The van der Waals surface area contributed by atoms with Gasteiger partial charge in [-0.3, -0.25) is 9.59 Å². The summed E-state index contributed by atoms with van der Waals surface area (Å²) in [4.78, 5) is 24.3. The number of phenolic OH excluding ortho intramolecular Hbond substituents is 3. The molecule has 0 bridgehead atoms. The van der Waals surface area contributed by atoms with Gasteiger partial charge in [-0.15, -0.1) is 0 Å². The second-order valence-corrected chi connectivity index (χ2v) is 11.0. The summed E-state index contributed by atoms with van der Waals surface area (Å²) >= 11 is 0. The third-order valence-corrected chi connectivity index (χ3v) is 8.69. The standard InChI is InChI=1S/C18H20O2.C15H14O4/c1-18-9-8-14-13-5-3-12(19)10-11(13)2-4-15(14)16(18)6-7-17(18)20;1-19-12-5-2-10(3-6-12)8-14(17)13-7-4-11(16)9-15(13)18/h3-5,10,14,16,19H,2,6-9H2,1H3;2-7,9,16,18H,8H2,1H3. The molecule has 0 spiro atoms. The highest BCUT2D eigenvalue weighted by atomic mass is 16.5. The van der Waals surface area contributed by atoms with Crippen LogP contribution in [0.15, 0.2) is 72.3 Å². The number of hydrogen-bond donors (Lipinski definition) is 3. The summed E-state index contributed by atoms with van der Waals surface area (Å²) in [5.74, 6) is 2.00. The average Bonchev–Trinajstić information content (AvgIpc) is 3.23. The second kappa shape index (κ2) is 10.6. The van der Waals surface area contributed by atoms with Gasteiger partial charge in [-0.1, -0.05) is 36.8 Å². The van der Waals surface area contributed by atoms with Crippen LogP contribution in [0.25, 0.3) is 0 Å². The predicted octanol–water partition coefficient (Wildman–Crippen LogP) is 6.27. The molecule has 3 aliphatic carbocycles. The summed E-state index contributed by atoms with van der Waals surface area (Å²) in [5.41, 5.74) is 5.07. The van der Waals surface area contributed by atoms with Gasteiger partial charge in [0, 0.05) is 30.2 Å². The molecule has 0 radical (unpaired) electrons. The molecule has 3 atom stereocenters. The van der Waals surface area contributed by atoms with E-state index in [2.05, 4.69) is 19.1 Å². The van der Waals surface area contributed by atoms with Crippen LogP contribution in [0.5, 0.6) is 23.0 Å². The van der Waals surface area contributed by atoms with Gasteiger partial charge >= 0.3 is 0 Å².